The SMILES string of the molecule is COc1ccc(S(C)(=O)=O)cc1NCC#Cc1cc(NC2CN(C)C2)c2ccn(CC(F)(F)F)c2c1. The Labute approximate surface area is 208 Å². The number of fused-ring (bicyclic) bond motifs is 1. The molecule has 0 atom stereocenters. The summed E-state index contributed by atoms with van der Waals surface area (Å²) in [6.45, 7) is 0.774. The van der Waals surface area contributed by atoms with E-state index in [2.05, 4.69) is 27.4 Å². The van der Waals surface area contributed by atoms with E-state index in [0.29, 0.717) is 27.9 Å². The monoisotopic (exact) mass is 520 g/mol. The zero-order valence-electron chi connectivity index (χ0n) is 20.1. The number of nitrogens with zero attached hydrogens (tertiary/aromatic N) is 2. The summed E-state index contributed by atoms with van der Waals surface area (Å²) in [5.74, 6) is 6.44. The normalized spacial score (nSPS) is 14.7. The average molecular weight is 521 g/mol. The first kappa shape index (κ1) is 25.7. The molecule has 1 aliphatic heterocycles. The first-order chi connectivity index (χ1) is 16.9. The van der Waals surface area contributed by atoms with Gasteiger partial charge in [-0.3, -0.25) is 0 Å². The Kier molecular flexibility index (Phi) is 7.11. The zero-order chi connectivity index (χ0) is 26.1. The van der Waals surface area contributed by atoms with Gasteiger partial charge in [0.2, 0.25) is 0 Å². The van der Waals surface area contributed by atoms with E-state index in [4.69, 9.17) is 4.74 Å². The first-order valence-electron chi connectivity index (χ1n) is 11.2. The molecule has 1 saturated heterocycles. The number of methoxy groups -OCH3 is 1. The number of benzene rings is 2. The second-order valence-electron chi connectivity index (χ2n) is 8.87. The van der Waals surface area contributed by atoms with Crippen LogP contribution >= 0.6 is 0 Å². The fourth-order valence-electron chi connectivity index (χ4n) is 4.17. The van der Waals surface area contributed by atoms with Gasteiger partial charge in [0.1, 0.15) is 12.3 Å². The number of likely N-dealkylation sites (tertiary alicyclic amines) is 1. The summed E-state index contributed by atoms with van der Waals surface area (Å²) < 4.78 is 69.5. The summed E-state index contributed by atoms with van der Waals surface area (Å²) in [7, 11) is 0.0852. The molecule has 1 fully saturated rings. The van der Waals surface area contributed by atoms with E-state index >= 15 is 0 Å². The van der Waals surface area contributed by atoms with Gasteiger partial charge in [-0.1, -0.05) is 11.8 Å². The Hall–Kier alpha value is -3.36. The van der Waals surface area contributed by atoms with Crippen LogP contribution in [0.4, 0.5) is 24.5 Å². The highest BCUT2D eigenvalue weighted by Crippen LogP contribution is 2.31. The number of nitrogens with one attached hydrogen (secondary N) is 2. The van der Waals surface area contributed by atoms with Gasteiger partial charge in [-0.05, 0) is 43.4 Å². The van der Waals surface area contributed by atoms with Crippen LogP contribution in [-0.4, -0.2) is 70.2 Å². The molecular weight excluding hydrogens is 493 g/mol. The van der Waals surface area contributed by atoms with E-state index in [0.717, 1.165) is 25.0 Å². The highest BCUT2D eigenvalue weighted by Gasteiger charge is 2.29. The Morgan fingerprint density at radius 3 is 2.53 bits per heavy atom. The maximum absolute atomic E-state index is 13.1. The van der Waals surface area contributed by atoms with Crippen molar-refractivity contribution >= 4 is 32.1 Å². The fourth-order valence-corrected chi connectivity index (χ4v) is 4.82. The van der Waals surface area contributed by atoms with Gasteiger partial charge in [-0.2, -0.15) is 13.2 Å². The molecule has 1 aliphatic rings. The van der Waals surface area contributed by atoms with Crippen LogP contribution in [0.5, 0.6) is 5.75 Å². The minimum atomic E-state index is -4.35. The van der Waals surface area contributed by atoms with Crippen LogP contribution in [-0.2, 0) is 16.4 Å². The van der Waals surface area contributed by atoms with Gasteiger partial charge in [0.25, 0.3) is 0 Å². The van der Waals surface area contributed by atoms with Crippen LogP contribution in [0.25, 0.3) is 10.9 Å². The number of alkyl halides is 3. The molecular formula is C25H27F3N4O3S. The molecule has 192 valence electrons. The van der Waals surface area contributed by atoms with Crippen LogP contribution in [0.1, 0.15) is 5.56 Å². The lowest BCUT2D eigenvalue weighted by Gasteiger charge is -2.37. The van der Waals surface area contributed by atoms with Crippen molar-refractivity contribution in [3.63, 3.8) is 0 Å². The molecule has 0 aliphatic carbocycles. The molecule has 1 aromatic heterocycles. The summed E-state index contributed by atoms with van der Waals surface area (Å²) in [6.07, 6.45) is -1.78. The van der Waals surface area contributed by atoms with Gasteiger partial charge in [-0.15, -0.1) is 0 Å². The summed E-state index contributed by atoms with van der Waals surface area (Å²) >= 11 is 0. The van der Waals surface area contributed by atoms with E-state index in [9.17, 15) is 21.6 Å². The predicted molar refractivity (Wildman–Crippen MR) is 134 cm³/mol. The molecule has 3 aromatic rings. The highest BCUT2D eigenvalue weighted by molar-refractivity contribution is 7.90. The minimum Gasteiger partial charge on any atom is -0.495 e. The van der Waals surface area contributed by atoms with Crippen molar-refractivity contribution in [2.24, 2.45) is 0 Å². The summed E-state index contributed by atoms with van der Waals surface area (Å²) in [5, 5.41) is 7.19. The van der Waals surface area contributed by atoms with E-state index in [1.807, 2.05) is 13.1 Å². The molecule has 0 unspecified atom stereocenters. The van der Waals surface area contributed by atoms with Crippen molar-refractivity contribution in [2.75, 3.05) is 50.7 Å². The average Bonchev–Trinajstić information content (AvgIpc) is 3.16. The molecule has 0 saturated carbocycles. The molecule has 0 amide bonds. The highest BCUT2D eigenvalue weighted by atomic mass is 32.2. The summed E-state index contributed by atoms with van der Waals surface area (Å²) in [5.41, 5.74) is 2.23. The standard InChI is InChI=1S/C25H27F3N4O3S/c1-31-14-18(15-31)30-21-11-17(12-23-20(21)8-10-32(23)16-25(26,27)28)5-4-9-29-22-13-19(36(3,33)34)6-7-24(22)35-2/h6-8,10-13,18,29-30H,9,14-16H2,1-3H3. The zero-order valence-corrected chi connectivity index (χ0v) is 20.9. The number of ether oxygens (including phenoxy) is 1. The predicted octanol–water partition coefficient (Wildman–Crippen LogP) is 3.81. The molecule has 0 bridgehead atoms. The van der Waals surface area contributed by atoms with E-state index in [1.54, 1.807) is 18.2 Å². The van der Waals surface area contributed by atoms with Crippen molar-refractivity contribution in [3.8, 4) is 17.6 Å². The van der Waals surface area contributed by atoms with Crippen molar-refractivity contribution in [1.82, 2.24) is 9.47 Å². The van der Waals surface area contributed by atoms with Gasteiger partial charge < -0.3 is 24.8 Å². The second-order valence-corrected chi connectivity index (χ2v) is 10.9. The molecule has 11 heteroatoms. The smallest absolute Gasteiger partial charge is 0.406 e. The summed E-state index contributed by atoms with van der Waals surface area (Å²) in [6, 6.07) is 9.89. The largest absolute Gasteiger partial charge is 0.495 e. The van der Waals surface area contributed by atoms with Crippen molar-refractivity contribution in [2.45, 2.75) is 23.7 Å². The lowest BCUT2D eigenvalue weighted by molar-refractivity contribution is -0.139. The van der Waals surface area contributed by atoms with Crippen LogP contribution in [0.2, 0.25) is 0 Å². The molecule has 0 spiro atoms. The molecule has 2 heterocycles. The minimum absolute atomic E-state index is 0.145. The number of sulfone groups is 1. The fraction of sp³-hybridized carbons (Fsp3) is 0.360. The van der Waals surface area contributed by atoms with Crippen LogP contribution in [0.3, 0.4) is 0 Å². The van der Waals surface area contributed by atoms with Crippen LogP contribution < -0.4 is 15.4 Å². The second kappa shape index (κ2) is 9.95. The van der Waals surface area contributed by atoms with Gasteiger partial charge in [0.05, 0.1) is 35.8 Å². The lowest BCUT2D eigenvalue weighted by atomic mass is 10.1. The number of hydrogen-bond donors (Lipinski definition) is 2. The maximum atomic E-state index is 13.1. The summed E-state index contributed by atoms with van der Waals surface area (Å²) in [4.78, 5) is 2.29. The molecule has 4 rings (SSSR count). The van der Waals surface area contributed by atoms with E-state index < -0.39 is 22.6 Å². The van der Waals surface area contributed by atoms with Crippen molar-refractivity contribution in [3.05, 3.63) is 48.2 Å². The quantitative estimate of drug-likeness (QED) is 0.462. The van der Waals surface area contributed by atoms with E-state index in [-0.39, 0.29) is 17.5 Å². The number of rotatable bonds is 7. The number of aromatic nitrogens is 1. The Balaban J connectivity index is 1.60. The third-order valence-electron chi connectivity index (χ3n) is 5.86. The number of likely N-dealkylation sites (N-methyl/N-ethyl adjacent to an activating group) is 1. The third-order valence-corrected chi connectivity index (χ3v) is 6.97. The molecule has 2 aromatic carbocycles. The maximum Gasteiger partial charge on any atom is 0.406 e. The van der Waals surface area contributed by atoms with Gasteiger partial charge in [0.15, 0.2) is 9.84 Å². The molecule has 0 radical (unpaired) electrons. The Morgan fingerprint density at radius 1 is 1.14 bits per heavy atom. The van der Waals surface area contributed by atoms with Gasteiger partial charge in [-0.25, -0.2) is 8.42 Å². The Bertz CT molecular complexity index is 1430. The van der Waals surface area contributed by atoms with Crippen LogP contribution in [0.15, 0.2) is 47.5 Å². The molecule has 36 heavy (non-hydrogen) atoms. The Morgan fingerprint density at radius 2 is 1.89 bits per heavy atom. The topological polar surface area (TPSA) is 75.6 Å². The van der Waals surface area contributed by atoms with Crippen molar-refractivity contribution < 1.29 is 26.3 Å². The molecule has 2 N–H and O–H groups in total. The molecule has 7 nitrogen and oxygen atoms in total. The van der Waals surface area contributed by atoms with Crippen molar-refractivity contribution in [1.29, 1.82) is 0 Å². The number of halogens is 3. The number of hydrogen-bond acceptors (Lipinski definition) is 6. The van der Waals surface area contributed by atoms with Crippen LogP contribution in [0, 0.1) is 11.8 Å². The lowest BCUT2D eigenvalue weighted by Crippen LogP contribution is -2.52. The van der Waals surface area contributed by atoms with Gasteiger partial charge in [0, 0.05) is 42.2 Å². The third kappa shape index (κ3) is 6.06. The first-order valence-corrected chi connectivity index (χ1v) is 13.1. The number of anilines is 2. The van der Waals surface area contributed by atoms with Gasteiger partial charge >= 0.3 is 6.18 Å². The van der Waals surface area contributed by atoms with E-state index in [1.165, 1.54) is 30.0 Å².